The van der Waals surface area contributed by atoms with Crippen molar-refractivity contribution in [1.82, 2.24) is 4.90 Å². The summed E-state index contributed by atoms with van der Waals surface area (Å²) in [6.07, 6.45) is 5.15. The Bertz CT molecular complexity index is 1040. The van der Waals surface area contributed by atoms with Gasteiger partial charge in [-0.05, 0) is 42.3 Å². The van der Waals surface area contributed by atoms with Crippen molar-refractivity contribution in [3.63, 3.8) is 0 Å². The number of nitrogens with zero attached hydrogens (tertiary/aromatic N) is 3. The molecule has 2 aromatic rings. The van der Waals surface area contributed by atoms with Gasteiger partial charge in [0.05, 0.1) is 0 Å². The van der Waals surface area contributed by atoms with Crippen LogP contribution >= 0.6 is 11.6 Å². The minimum atomic E-state index is -0.695. The highest BCUT2D eigenvalue weighted by Gasteiger charge is 2.47. The molecule has 1 atom stereocenters. The molecule has 2 aromatic carbocycles. The van der Waals surface area contributed by atoms with Crippen LogP contribution in [0.5, 0.6) is 0 Å². The molecule has 0 aliphatic carbocycles. The largest absolute Gasteiger partial charge is 0.501 e. The van der Waals surface area contributed by atoms with E-state index in [1.807, 2.05) is 43.3 Å². The molecule has 3 amide bonds. The van der Waals surface area contributed by atoms with Crippen LogP contribution in [0.3, 0.4) is 0 Å². The fraction of sp³-hybridized carbons (Fsp3) is 0.182. The zero-order chi connectivity index (χ0) is 19.7. The lowest BCUT2D eigenvalue weighted by Gasteiger charge is -2.26. The SMILES string of the molecule is Cc1cccc(C[N+]2=C3C=CC=NC3C(=O)N(Cc3ccc(Cl)cc3)C2=O)c1. The van der Waals surface area contributed by atoms with Crippen molar-refractivity contribution in [2.75, 3.05) is 0 Å². The van der Waals surface area contributed by atoms with Gasteiger partial charge in [0.15, 0.2) is 0 Å². The van der Waals surface area contributed by atoms with Crippen molar-refractivity contribution in [2.45, 2.75) is 26.1 Å². The summed E-state index contributed by atoms with van der Waals surface area (Å²) in [7, 11) is 0. The average Bonchev–Trinajstić information content (AvgIpc) is 2.70. The average molecular weight is 393 g/mol. The van der Waals surface area contributed by atoms with E-state index in [4.69, 9.17) is 11.6 Å². The van der Waals surface area contributed by atoms with E-state index in [0.717, 1.165) is 16.7 Å². The van der Waals surface area contributed by atoms with Gasteiger partial charge in [-0.25, -0.2) is 4.79 Å². The number of aryl methyl sites for hydroxylation is 1. The Balaban J connectivity index is 1.71. The highest BCUT2D eigenvalue weighted by Crippen LogP contribution is 2.20. The van der Waals surface area contributed by atoms with Gasteiger partial charge in [-0.1, -0.05) is 53.6 Å². The number of carbonyl (C=O) groups excluding carboxylic acids is 2. The van der Waals surface area contributed by atoms with E-state index in [1.165, 1.54) is 4.90 Å². The molecule has 28 heavy (non-hydrogen) atoms. The Morgan fingerprint density at radius 3 is 2.64 bits per heavy atom. The number of fused-ring (bicyclic) bond motifs is 1. The standard InChI is InChI=1S/C22H19ClN3O2/c1-15-4-2-5-17(12-15)14-25-19-6-3-11-24-20(19)21(27)26(22(25)28)13-16-7-9-18(23)10-8-16/h2-12,20H,13-14H2,1H3/q+1. The summed E-state index contributed by atoms with van der Waals surface area (Å²) in [6, 6.07) is 14.1. The Labute approximate surface area is 168 Å². The fourth-order valence-electron chi connectivity index (χ4n) is 3.44. The zero-order valence-corrected chi connectivity index (χ0v) is 16.1. The molecular formula is C22H19ClN3O2+. The first-order valence-corrected chi connectivity index (χ1v) is 9.40. The summed E-state index contributed by atoms with van der Waals surface area (Å²) in [5.41, 5.74) is 3.57. The Hall–Kier alpha value is -3.05. The molecule has 4 rings (SSSR count). The third kappa shape index (κ3) is 3.53. The predicted molar refractivity (Wildman–Crippen MR) is 109 cm³/mol. The molecule has 2 aliphatic rings. The summed E-state index contributed by atoms with van der Waals surface area (Å²) in [5.74, 6) is -0.309. The molecule has 0 saturated carbocycles. The number of hydrogen-bond donors (Lipinski definition) is 0. The number of rotatable bonds is 4. The molecule has 1 unspecified atom stereocenters. The van der Waals surface area contributed by atoms with Crippen LogP contribution in [-0.2, 0) is 17.9 Å². The molecule has 6 heteroatoms. The summed E-state index contributed by atoms with van der Waals surface area (Å²) < 4.78 is 1.64. The number of carbonyl (C=O) groups is 2. The molecular weight excluding hydrogens is 374 g/mol. The van der Waals surface area contributed by atoms with Crippen molar-refractivity contribution in [2.24, 2.45) is 4.99 Å². The van der Waals surface area contributed by atoms with Gasteiger partial charge in [0, 0.05) is 11.2 Å². The molecule has 0 aromatic heterocycles. The van der Waals surface area contributed by atoms with Gasteiger partial charge in [-0.15, -0.1) is 0 Å². The van der Waals surface area contributed by atoms with Crippen LogP contribution in [0.2, 0.25) is 5.02 Å². The topological polar surface area (TPSA) is 52.8 Å². The van der Waals surface area contributed by atoms with Crippen molar-refractivity contribution in [3.05, 3.63) is 82.4 Å². The maximum atomic E-state index is 13.2. The molecule has 0 fully saturated rings. The Kier molecular flexibility index (Phi) is 4.92. The van der Waals surface area contributed by atoms with Gasteiger partial charge in [0.25, 0.3) is 0 Å². The smallest absolute Gasteiger partial charge is 0.269 e. The number of amides is 3. The van der Waals surface area contributed by atoms with E-state index < -0.39 is 6.04 Å². The molecule has 2 heterocycles. The summed E-state index contributed by atoms with van der Waals surface area (Å²) in [4.78, 5) is 31.8. The molecule has 0 radical (unpaired) electrons. The third-order valence-corrected chi connectivity index (χ3v) is 5.07. The molecule has 140 valence electrons. The number of hydrogen-bond acceptors (Lipinski definition) is 3. The van der Waals surface area contributed by atoms with Gasteiger partial charge in [-0.3, -0.25) is 4.99 Å². The van der Waals surface area contributed by atoms with E-state index in [1.54, 1.807) is 35.1 Å². The number of halogens is 1. The number of imide groups is 1. The molecule has 2 aliphatic heterocycles. The molecule has 0 N–H and O–H groups in total. The second-order valence-corrected chi connectivity index (χ2v) is 7.33. The van der Waals surface area contributed by atoms with Crippen molar-refractivity contribution < 1.29 is 14.2 Å². The van der Waals surface area contributed by atoms with E-state index in [2.05, 4.69) is 4.99 Å². The second kappa shape index (κ2) is 7.52. The lowest BCUT2D eigenvalue weighted by atomic mass is 10.0. The van der Waals surface area contributed by atoms with E-state index in [0.29, 0.717) is 17.3 Å². The van der Waals surface area contributed by atoms with Crippen molar-refractivity contribution in [3.8, 4) is 0 Å². The predicted octanol–water partition coefficient (Wildman–Crippen LogP) is 3.77. The second-order valence-electron chi connectivity index (χ2n) is 6.89. The molecule has 0 bridgehead atoms. The van der Waals surface area contributed by atoms with Crippen LogP contribution in [0, 0.1) is 6.92 Å². The first kappa shape index (κ1) is 18.3. The number of benzene rings is 2. The Morgan fingerprint density at radius 1 is 1.11 bits per heavy atom. The van der Waals surface area contributed by atoms with Crippen LogP contribution in [0.4, 0.5) is 4.79 Å². The van der Waals surface area contributed by atoms with E-state index in [9.17, 15) is 9.59 Å². The van der Waals surface area contributed by atoms with Crippen LogP contribution in [0.15, 0.2) is 65.7 Å². The van der Waals surface area contributed by atoms with Gasteiger partial charge in [0.1, 0.15) is 18.8 Å². The molecule has 5 nitrogen and oxygen atoms in total. The minimum Gasteiger partial charge on any atom is -0.269 e. The van der Waals surface area contributed by atoms with Crippen LogP contribution in [0.25, 0.3) is 0 Å². The van der Waals surface area contributed by atoms with Gasteiger partial charge in [0.2, 0.25) is 6.04 Å². The van der Waals surface area contributed by atoms with Crippen molar-refractivity contribution >= 4 is 35.5 Å². The maximum Gasteiger partial charge on any atom is 0.501 e. The fourth-order valence-corrected chi connectivity index (χ4v) is 3.57. The first-order valence-electron chi connectivity index (χ1n) is 9.02. The van der Waals surface area contributed by atoms with Crippen molar-refractivity contribution in [1.29, 1.82) is 0 Å². The highest BCUT2D eigenvalue weighted by atomic mass is 35.5. The van der Waals surface area contributed by atoms with Crippen LogP contribution < -0.4 is 0 Å². The summed E-state index contributed by atoms with van der Waals surface area (Å²) in [6.45, 7) is 2.58. The maximum absolute atomic E-state index is 13.2. The lowest BCUT2D eigenvalue weighted by molar-refractivity contribution is -0.455. The summed E-state index contributed by atoms with van der Waals surface area (Å²) >= 11 is 5.94. The zero-order valence-electron chi connectivity index (χ0n) is 15.4. The Morgan fingerprint density at radius 2 is 1.89 bits per heavy atom. The highest BCUT2D eigenvalue weighted by molar-refractivity contribution is 6.30. The van der Waals surface area contributed by atoms with Crippen LogP contribution in [0.1, 0.15) is 16.7 Å². The number of aliphatic imine (C=N–C) groups is 1. The first-order chi connectivity index (χ1) is 13.5. The molecule has 0 saturated heterocycles. The number of urea groups is 1. The number of dihydropyridines is 1. The molecule has 0 spiro atoms. The third-order valence-electron chi connectivity index (χ3n) is 4.82. The normalized spacial score (nSPS) is 18.6. The van der Waals surface area contributed by atoms with E-state index in [-0.39, 0.29) is 18.5 Å². The lowest BCUT2D eigenvalue weighted by Crippen LogP contribution is -2.56. The van der Waals surface area contributed by atoms with Gasteiger partial charge >= 0.3 is 11.9 Å². The quantitative estimate of drug-likeness (QED) is 0.743. The monoisotopic (exact) mass is 392 g/mol. The number of allylic oxidation sites excluding steroid dienone is 1. The summed E-state index contributed by atoms with van der Waals surface area (Å²) in [5, 5.41) is 0.610. The van der Waals surface area contributed by atoms with E-state index >= 15 is 0 Å². The van der Waals surface area contributed by atoms with Gasteiger partial charge in [-0.2, -0.15) is 14.3 Å². The van der Waals surface area contributed by atoms with Gasteiger partial charge < -0.3 is 0 Å². The minimum absolute atomic E-state index is 0.183. The van der Waals surface area contributed by atoms with Crippen LogP contribution in [-0.4, -0.2) is 39.4 Å².